The largest absolute Gasteiger partial charge is 0.348 e. The number of aromatic nitrogens is 4. The van der Waals surface area contributed by atoms with Gasteiger partial charge in [-0.05, 0) is 36.8 Å². The van der Waals surface area contributed by atoms with Crippen LogP contribution >= 0.6 is 0 Å². The summed E-state index contributed by atoms with van der Waals surface area (Å²) in [6.45, 7) is 2.05. The lowest BCUT2D eigenvalue weighted by molar-refractivity contribution is 0.0949. The smallest absolute Gasteiger partial charge is 0.260 e. The minimum Gasteiger partial charge on any atom is -0.348 e. The van der Waals surface area contributed by atoms with Gasteiger partial charge in [0, 0.05) is 30.8 Å². The van der Waals surface area contributed by atoms with E-state index in [1.54, 1.807) is 36.3 Å². The van der Waals surface area contributed by atoms with Crippen molar-refractivity contribution in [2.45, 2.75) is 13.5 Å². The highest BCUT2D eigenvalue weighted by Gasteiger charge is 2.10. The maximum Gasteiger partial charge on any atom is 0.260 e. The third-order valence-corrected chi connectivity index (χ3v) is 3.30. The van der Waals surface area contributed by atoms with E-state index in [9.17, 15) is 9.59 Å². The number of H-pyrrole nitrogens is 1. The minimum atomic E-state index is -0.414. The van der Waals surface area contributed by atoms with Crippen molar-refractivity contribution >= 4 is 5.91 Å². The molecule has 0 aliphatic rings. The molecule has 3 aromatic rings. The number of carbonyl (C=O) groups is 1. The number of nitrogens with zero attached hydrogens (tertiary/aromatic N) is 3. The summed E-state index contributed by atoms with van der Waals surface area (Å²) >= 11 is 0. The van der Waals surface area contributed by atoms with Crippen LogP contribution in [0.3, 0.4) is 0 Å². The molecule has 7 heteroatoms. The fourth-order valence-electron chi connectivity index (χ4n) is 2.09. The van der Waals surface area contributed by atoms with Crippen LogP contribution in [0.2, 0.25) is 0 Å². The van der Waals surface area contributed by atoms with E-state index in [2.05, 4.69) is 20.4 Å². The molecule has 0 aliphatic carbocycles. The molecule has 23 heavy (non-hydrogen) atoms. The highest BCUT2D eigenvalue weighted by molar-refractivity contribution is 5.93. The predicted molar refractivity (Wildman–Crippen MR) is 84.3 cm³/mol. The molecule has 1 amide bonds. The summed E-state index contributed by atoms with van der Waals surface area (Å²) in [7, 11) is 0. The van der Waals surface area contributed by atoms with Crippen LogP contribution in [0.1, 0.15) is 21.6 Å². The van der Waals surface area contributed by atoms with Gasteiger partial charge in [-0.3, -0.25) is 9.59 Å². The Morgan fingerprint density at radius 2 is 2.17 bits per heavy atom. The second-order valence-electron chi connectivity index (χ2n) is 5.04. The highest BCUT2D eigenvalue weighted by atomic mass is 16.2. The first-order chi connectivity index (χ1) is 11.1. The molecule has 0 unspecified atom stereocenters. The molecule has 3 aromatic heterocycles. The van der Waals surface area contributed by atoms with Crippen LogP contribution in [0.25, 0.3) is 5.82 Å². The second-order valence-corrected chi connectivity index (χ2v) is 5.04. The van der Waals surface area contributed by atoms with Gasteiger partial charge in [0.2, 0.25) is 0 Å². The SMILES string of the molecule is Cc1ccc(C(=O)NCc2ccc(-n3cccn3)nc2)c(=O)[nH]1. The Balaban J connectivity index is 1.66. The molecule has 116 valence electrons. The Bertz CT molecular complexity index is 866. The molecule has 0 fully saturated rings. The van der Waals surface area contributed by atoms with Crippen molar-refractivity contribution in [3.8, 4) is 5.82 Å². The number of pyridine rings is 2. The van der Waals surface area contributed by atoms with Gasteiger partial charge in [-0.25, -0.2) is 9.67 Å². The topological polar surface area (TPSA) is 92.7 Å². The van der Waals surface area contributed by atoms with Gasteiger partial charge in [-0.2, -0.15) is 5.10 Å². The molecule has 0 spiro atoms. The molecule has 0 saturated heterocycles. The predicted octanol–water partition coefficient (Wildman–Crippen LogP) is 1.19. The number of amides is 1. The van der Waals surface area contributed by atoms with Crippen molar-refractivity contribution in [1.82, 2.24) is 25.1 Å². The van der Waals surface area contributed by atoms with Crippen molar-refractivity contribution in [2.75, 3.05) is 0 Å². The van der Waals surface area contributed by atoms with E-state index >= 15 is 0 Å². The third kappa shape index (κ3) is 3.34. The second kappa shape index (κ2) is 6.27. The van der Waals surface area contributed by atoms with Crippen molar-refractivity contribution in [1.29, 1.82) is 0 Å². The van der Waals surface area contributed by atoms with Crippen LogP contribution in [-0.2, 0) is 6.54 Å². The van der Waals surface area contributed by atoms with Crippen molar-refractivity contribution in [3.63, 3.8) is 0 Å². The number of aryl methyl sites for hydroxylation is 1. The maximum atomic E-state index is 12.0. The Morgan fingerprint density at radius 3 is 2.83 bits per heavy atom. The Labute approximate surface area is 132 Å². The zero-order valence-corrected chi connectivity index (χ0v) is 12.5. The van der Waals surface area contributed by atoms with Gasteiger partial charge in [0.1, 0.15) is 5.56 Å². The van der Waals surface area contributed by atoms with Crippen LogP contribution in [0, 0.1) is 6.92 Å². The Hall–Kier alpha value is -3.22. The normalized spacial score (nSPS) is 10.5. The molecule has 3 rings (SSSR count). The van der Waals surface area contributed by atoms with E-state index in [0.29, 0.717) is 18.1 Å². The van der Waals surface area contributed by atoms with Crippen LogP contribution in [0.15, 0.2) is 53.7 Å². The zero-order chi connectivity index (χ0) is 16.2. The van der Waals surface area contributed by atoms with Gasteiger partial charge >= 0.3 is 0 Å². The molecular formula is C16H15N5O2. The standard InChI is InChI=1S/C16H15N5O2/c1-11-3-5-13(16(23)20-11)15(22)18-10-12-4-6-14(17-9-12)21-8-2-7-19-21/h2-9H,10H2,1H3,(H,18,22)(H,20,23). The van der Waals surface area contributed by atoms with Gasteiger partial charge in [-0.15, -0.1) is 0 Å². The molecule has 0 bridgehead atoms. The molecule has 0 aromatic carbocycles. The van der Waals surface area contributed by atoms with E-state index in [-0.39, 0.29) is 5.56 Å². The molecule has 0 saturated carbocycles. The molecule has 0 atom stereocenters. The molecular weight excluding hydrogens is 294 g/mol. The van der Waals surface area contributed by atoms with E-state index in [4.69, 9.17) is 0 Å². The minimum absolute atomic E-state index is 0.0942. The monoisotopic (exact) mass is 309 g/mol. The summed E-state index contributed by atoms with van der Waals surface area (Å²) in [5.74, 6) is 0.280. The van der Waals surface area contributed by atoms with E-state index in [1.165, 1.54) is 6.07 Å². The first-order valence-electron chi connectivity index (χ1n) is 7.06. The van der Waals surface area contributed by atoms with Crippen LogP contribution in [-0.4, -0.2) is 25.7 Å². The summed E-state index contributed by atoms with van der Waals surface area (Å²) < 4.78 is 1.65. The zero-order valence-electron chi connectivity index (χ0n) is 12.5. The van der Waals surface area contributed by atoms with Gasteiger partial charge in [0.25, 0.3) is 11.5 Å². The van der Waals surface area contributed by atoms with E-state index in [1.807, 2.05) is 18.2 Å². The number of hydrogen-bond acceptors (Lipinski definition) is 4. The molecule has 2 N–H and O–H groups in total. The highest BCUT2D eigenvalue weighted by Crippen LogP contribution is 2.04. The number of rotatable bonds is 4. The lowest BCUT2D eigenvalue weighted by atomic mass is 10.2. The summed E-state index contributed by atoms with van der Waals surface area (Å²) in [6, 6.07) is 8.69. The van der Waals surface area contributed by atoms with Gasteiger partial charge in [-0.1, -0.05) is 6.07 Å². The fraction of sp³-hybridized carbons (Fsp3) is 0.125. The van der Waals surface area contributed by atoms with Gasteiger partial charge < -0.3 is 10.3 Å². The average Bonchev–Trinajstić information content (AvgIpc) is 3.07. The maximum absolute atomic E-state index is 12.0. The van der Waals surface area contributed by atoms with Crippen LogP contribution in [0.4, 0.5) is 0 Å². The number of nitrogens with one attached hydrogen (secondary N) is 2. The Morgan fingerprint density at radius 1 is 1.30 bits per heavy atom. The summed E-state index contributed by atoms with van der Waals surface area (Å²) in [6.07, 6.45) is 5.14. The lowest BCUT2D eigenvalue weighted by Gasteiger charge is -2.06. The van der Waals surface area contributed by atoms with Crippen molar-refractivity contribution < 1.29 is 4.79 Å². The summed E-state index contributed by atoms with van der Waals surface area (Å²) in [4.78, 5) is 30.7. The summed E-state index contributed by atoms with van der Waals surface area (Å²) in [5, 5.41) is 6.80. The third-order valence-electron chi connectivity index (χ3n) is 3.30. The van der Waals surface area contributed by atoms with E-state index in [0.717, 1.165) is 5.56 Å². The lowest BCUT2D eigenvalue weighted by Crippen LogP contribution is -2.29. The quantitative estimate of drug-likeness (QED) is 0.757. The number of hydrogen-bond donors (Lipinski definition) is 2. The molecule has 7 nitrogen and oxygen atoms in total. The molecule has 0 aliphatic heterocycles. The van der Waals surface area contributed by atoms with E-state index < -0.39 is 11.5 Å². The van der Waals surface area contributed by atoms with Crippen LogP contribution in [0.5, 0.6) is 0 Å². The molecule has 3 heterocycles. The number of aromatic amines is 1. The summed E-state index contributed by atoms with van der Waals surface area (Å²) in [5.41, 5.74) is 1.24. The number of carbonyl (C=O) groups excluding carboxylic acids is 1. The van der Waals surface area contributed by atoms with Crippen molar-refractivity contribution in [2.24, 2.45) is 0 Å². The first kappa shape index (κ1) is 14.7. The molecule has 0 radical (unpaired) electrons. The van der Waals surface area contributed by atoms with Crippen LogP contribution < -0.4 is 10.9 Å². The van der Waals surface area contributed by atoms with Gasteiger partial charge in [0.15, 0.2) is 5.82 Å². The van der Waals surface area contributed by atoms with Gasteiger partial charge in [0.05, 0.1) is 0 Å². The van der Waals surface area contributed by atoms with Crippen molar-refractivity contribution in [3.05, 3.63) is 76.1 Å². The Kier molecular flexibility index (Phi) is 4.01. The fourth-order valence-corrected chi connectivity index (χ4v) is 2.09. The average molecular weight is 309 g/mol. The first-order valence-corrected chi connectivity index (χ1v) is 7.06.